The molecule has 1 fully saturated rings. The molecule has 1 N–H and O–H groups in total. The third-order valence-corrected chi connectivity index (χ3v) is 3.74. The van der Waals surface area contributed by atoms with Crippen LogP contribution in [0.2, 0.25) is 0 Å². The number of halogens is 2. The van der Waals surface area contributed by atoms with Crippen LogP contribution < -0.4 is 5.32 Å². The molecule has 21 heavy (non-hydrogen) atoms. The number of amides is 1. The second-order valence-electron chi connectivity index (χ2n) is 6.81. The van der Waals surface area contributed by atoms with Crippen LogP contribution in [0.1, 0.15) is 45.8 Å². The molecule has 5 heteroatoms. The molecule has 0 spiro atoms. The summed E-state index contributed by atoms with van der Waals surface area (Å²) in [6, 6.07) is 3.46. The average molecular weight is 296 g/mol. The molecule has 1 aromatic carbocycles. The fourth-order valence-electron chi connectivity index (χ4n) is 2.43. The predicted molar refractivity (Wildman–Crippen MR) is 77.5 cm³/mol. The summed E-state index contributed by atoms with van der Waals surface area (Å²) in [6.07, 6.45) is 0.442. The van der Waals surface area contributed by atoms with Gasteiger partial charge in [-0.1, -0.05) is 26.8 Å². The van der Waals surface area contributed by atoms with Crippen molar-refractivity contribution in [1.29, 1.82) is 0 Å². The second-order valence-corrected chi connectivity index (χ2v) is 6.81. The van der Waals surface area contributed by atoms with Gasteiger partial charge in [0.15, 0.2) is 11.6 Å². The Morgan fingerprint density at radius 2 is 1.90 bits per heavy atom. The van der Waals surface area contributed by atoms with Gasteiger partial charge in [0.05, 0.1) is 6.04 Å². The van der Waals surface area contributed by atoms with E-state index in [1.54, 1.807) is 11.8 Å². The Kier molecular flexibility index (Phi) is 4.33. The lowest BCUT2D eigenvalue weighted by Gasteiger charge is -2.28. The van der Waals surface area contributed by atoms with Gasteiger partial charge in [0.25, 0.3) is 0 Å². The van der Waals surface area contributed by atoms with E-state index in [9.17, 15) is 13.6 Å². The van der Waals surface area contributed by atoms with E-state index in [1.807, 2.05) is 0 Å². The summed E-state index contributed by atoms with van der Waals surface area (Å²) in [5, 5.41) is 3.14. The molecule has 0 aliphatic carbocycles. The van der Waals surface area contributed by atoms with Gasteiger partial charge in [0.1, 0.15) is 6.17 Å². The fraction of sp³-hybridized carbons (Fsp3) is 0.562. The van der Waals surface area contributed by atoms with Crippen LogP contribution in [-0.2, 0) is 4.79 Å². The van der Waals surface area contributed by atoms with Crippen LogP contribution in [0.4, 0.5) is 8.78 Å². The first-order valence-electron chi connectivity index (χ1n) is 7.20. The van der Waals surface area contributed by atoms with E-state index in [-0.39, 0.29) is 17.4 Å². The van der Waals surface area contributed by atoms with Gasteiger partial charge in [-0.15, -0.1) is 0 Å². The van der Waals surface area contributed by atoms with Crippen molar-refractivity contribution >= 4 is 5.91 Å². The van der Waals surface area contributed by atoms with Crippen LogP contribution in [0.5, 0.6) is 0 Å². The highest BCUT2D eigenvalue weighted by Crippen LogP contribution is 2.29. The topological polar surface area (TPSA) is 32.3 Å². The summed E-state index contributed by atoms with van der Waals surface area (Å²) in [7, 11) is 0. The van der Waals surface area contributed by atoms with Gasteiger partial charge >= 0.3 is 0 Å². The molecule has 3 nitrogen and oxygen atoms in total. The van der Waals surface area contributed by atoms with E-state index in [4.69, 9.17) is 0 Å². The van der Waals surface area contributed by atoms with E-state index in [1.165, 1.54) is 6.07 Å². The highest BCUT2D eigenvalue weighted by Gasteiger charge is 2.37. The molecule has 2 rings (SSSR count). The maximum absolute atomic E-state index is 13.4. The van der Waals surface area contributed by atoms with Gasteiger partial charge in [-0.25, -0.2) is 8.78 Å². The Balaban J connectivity index is 2.23. The second kappa shape index (κ2) is 5.72. The lowest BCUT2D eigenvalue weighted by molar-refractivity contribution is -0.130. The number of hydrogen-bond acceptors (Lipinski definition) is 2. The normalized spacial score (nSPS) is 23.0. The smallest absolute Gasteiger partial charge is 0.241 e. The van der Waals surface area contributed by atoms with Gasteiger partial charge in [0.2, 0.25) is 5.91 Å². The minimum absolute atomic E-state index is 0.00557. The zero-order valence-electron chi connectivity index (χ0n) is 12.9. The summed E-state index contributed by atoms with van der Waals surface area (Å²) in [5.41, 5.74) is 0.672. The highest BCUT2D eigenvalue weighted by molar-refractivity contribution is 5.84. The molecule has 1 aliphatic heterocycles. The monoisotopic (exact) mass is 296 g/mol. The Morgan fingerprint density at radius 1 is 1.24 bits per heavy atom. The van der Waals surface area contributed by atoms with Crippen molar-refractivity contribution in [3.63, 3.8) is 0 Å². The third kappa shape index (κ3) is 3.59. The number of rotatable bonds is 3. The van der Waals surface area contributed by atoms with Crippen LogP contribution in [0.15, 0.2) is 18.2 Å². The Hall–Kier alpha value is -1.49. The van der Waals surface area contributed by atoms with Crippen LogP contribution in [0.3, 0.4) is 0 Å². The molecule has 1 amide bonds. The van der Waals surface area contributed by atoms with Crippen molar-refractivity contribution in [2.24, 2.45) is 5.41 Å². The predicted octanol–water partition coefficient (Wildman–Crippen LogP) is 3.22. The standard InChI is InChI=1S/C16H22F2N2O/c1-10-15(21)20(8-7-16(2,3)4)14(19-10)11-5-6-12(17)13(18)9-11/h5-6,9-10,14,19H,7-8H2,1-4H3. The van der Waals surface area contributed by atoms with Gasteiger partial charge < -0.3 is 4.90 Å². The molecular formula is C16H22F2N2O. The zero-order valence-corrected chi connectivity index (χ0v) is 12.9. The maximum atomic E-state index is 13.4. The third-order valence-electron chi connectivity index (χ3n) is 3.74. The highest BCUT2D eigenvalue weighted by atomic mass is 19.2. The molecule has 2 atom stereocenters. The largest absolute Gasteiger partial charge is 0.322 e. The molecular weight excluding hydrogens is 274 g/mol. The van der Waals surface area contributed by atoms with E-state index in [0.717, 1.165) is 18.6 Å². The number of nitrogens with one attached hydrogen (secondary N) is 1. The van der Waals surface area contributed by atoms with Gasteiger partial charge in [-0.2, -0.15) is 0 Å². The molecule has 0 bridgehead atoms. The lowest BCUT2D eigenvalue weighted by Crippen LogP contribution is -2.33. The number of hydrogen-bond donors (Lipinski definition) is 1. The van der Waals surface area contributed by atoms with E-state index in [0.29, 0.717) is 12.1 Å². The molecule has 1 heterocycles. The van der Waals surface area contributed by atoms with Crippen LogP contribution in [0, 0.1) is 17.0 Å². The molecule has 0 aromatic heterocycles. The molecule has 1 aliphatic rings. The first kappa shape index (κ1) is 15.9. The summed E-state index contributed by atoms with van der Waals surface area (Å²) in [5.74, 6) is -1.77. The minimum Gasteiger partial charge on any atom is -0.322 e. The summed E-state index contributed by atoms with van der Waals surface area (Å²) < 4.78 is 26.5. The fourth-order valence-corrected chi connectivity index (χ4v) is 2.43. The van der Waals surface area contributed by atoms with Gasteiger partial charge in [0, 0.05) is 6.54 Å². The van der Waals surface area contributed by atoms with E-state index >= 15 is 0 Å². The first-order chi connectivity index (χ1) is 9.69. The van der Waals surface area contributed by atoms with Crippen LogP contribution in [-0.4, -0.2) is 23.4 Å². The summed E-state index contributed by atoms with van der Waals surface area (Å²) in [4.78, 5) is 14.0. The SMILES string of the molecule is CC1NC(c2ccc(F)c(F)c2)N(CCC(C)(C)C)C1=O. The zero-order chi connectivity index (χ0) is 15.8. The molecule has 1 aromatic rings. The molecule has 1 saturated heterocycles. The number of carbonyl (C=O) groups excluding carboxylic acids is 1. The molecule has 116 valence electrons. The molecule has 0 saturated carbocycles. The number of carbonyl (C=O) groups is 1. The summed E-state index contributed by atoms with van der Waals surface area (Å²) in [6.45, 7) is 8.69. The number of nitrogens with zero attached hydrogens (tertiary/aromatic N) is 1. The quantitative estimate of drug-likeness (QED) is 0.929. The number of benzene rings is 1. The van der Waals surface area contributed by atoms with E-state index in [2.05, 4.69) is 26.1 Å². The van der Waals surface area contributed by atoms with Crippen molar-refractivity contribution < 1.29 is 13.6 Å². The lowest BCUT2D eigenvalue weighted by atomic mass is 9.92. The average Bonchev–Trinajstić information content (AvgIpc) is 2.66. The van der Waals surface area contributed by atoms with Crippen molar-refractivity contribution in [3.8, 4) is 0 Å². The van der Waals surface area contributed by atoms with Crippen LogP contribution >= 0.6 is 0 Å². The van der Waals surface area contributed by atoms with Crippen LogP contribution in [0.25, 0.3) is 0 Å². The Bertz CT molecular complexity index is 540. The molecule has 2 unspecified atom stereocenters. The van der Waals surface area contributed by atoms with E-state index < -0.39 is 17.8 Å². The Morgan fingerprint density at radius 3 is 2.48 bits per heavy atom. The van der Waals surface area contributed by atoms with Crippen molar-refractivity contribution in [2.75, 3.05) is 6.54 Å². The Labute approximate surface area is 124 Å². The van der Waals surface area contributed by atoms with Gasteiger partial charge in [-0.05, 0) is 36.5 Å². The first-order valence-corrected chi connectivity index (χ1v) is 7.20. The van der Waals surface area contributed by atoms with Gasteiger partial charge in [-0.3, -0.25) is 10.1 Å². The van der Waals surface area contributed by atoms with Crippen molar-refractivity contribution in [3.05, 3.63) is 35.4 Å². The molecule has 0 radical (unpaired) electrons. The van der Waals surface area contributed by atoms with Crippen molar-refractivity contribution in [1.82, 2.24) is 10.2 Å². The summed E-state index contributed by atoms with van der Waals surface area (Å²) >= 11 is 0. The van der Waals surface area contributed by atoms with Crippen molar-refractivity contribution in [2.45, 2.75) is 46.3 Å². The minimum atomic E-state index is -0.892. The maximum Gasteiger partial charge on any atom is 0.241 e.